The van der Waals surface area contributed by atoms with Crippen LogP contribution in [0.25, 0.3) is 166 Å². The van der Waals surface area contributed by atoms with Crippen LogP contribution in [-0.2, 0) is 0 Å². The number of hydrogen-bond donors (Lipinski definition) is 0. The molecular weight excluding hydrogens is 1320 g/mol. The molecule has 21 aromatic rings. The van der Waals surface area contributed by atoms with Crippen LogP contribution in [0.5, 0.6) is 0 Å². The third-order valence-corrected chi connectivity index (χ3v) is 23.1. The molecule has 0 radical (unpaired) electrons. The average Bonchev–Trinajstić information content (AvgIpc) is 1.16. The second-order valence-corrected chi connectivity index (χ2v) is 28.9. The molecule has 0 aliphatic carbocycles. The fourth-order valence-corrected chi connectivity index (χ4v) is 18.4. The molecule has 0 spiro atoms. The van der Waals surface area contributed by atoms with Crippen LogP contribution in [0, 0.1) is 0 Å². The molecule has 506 valence electrons. The smallest absolute Gasteiger partial charge is 0.252 e. The van der Waals surface area contributed by atoms with Crippen LogP contribution in [0.15, 0.2) is 391 Å². The summed E-state index contributed by atoms with van der Waals surface area (Å²) in [5.41, 5.74) is 33.0. The van der Waals surface area contributed by atoms with Crippen LogP contribution in [0.1, 0.15) is 0 Å². The third kappa shape index (κ3) is 9.30. The summed E-state index contributed by atoms with van der Waals surface area (Å²) in [5, 5.41) is 9.02. The predicted octanol–water partition coefficient (Wildman–Crippen LogP) is 25.8. The lowest BCUT2D eigenvalue weighted by atomic mass is 9.33. The van der Waals surface area contributed by atoms with Crippen LogP contribution in [-0.4, -0.2) is 15.8 Å². The molecule has 2 aliphatic rings. The minimum Gasteiger partial charge on any atom is -0.456 e. The van der Waals surface area contributed by atoms with Crippen molar-refractivity contribution in [2.45, 2.75) is 0 Å². The van der Waals surface area contributed by atoms with Gasteiger partial charge in [0.2, 0.25) is 0 Å². The molecule has 6 nitrogen and oxygen atoms in total. The molecule has 0 fully saturated rings. The molecule has 6 heterocycles. The Kier molecular flexibility index (Phi) is 13.5. The quantitative estimate of drug-likeness (QED) is 0.128. The van der Waals surface area contributed by atoms with Crippen molar-refractivity contribution >= 4 is 145 Å². The van der Waals surface area contributed by atoms with E-state index in [4.69, 9.17) is 8.83 Å². The highest BCUT2D eigenvalue weighted by molar-refractivity contribution is 7.00. The highest BCUT2D eigenvalue weighted by atomic mass is 16.3. The standard InChI is InChI=1S/C102H63BN4O2/c1-5-27-64(28-6-1)73-41-25-42-74(65-29-7-2-8-30-65)100(73)106-92-62-71(104-88-45-19-13-35-77(88)78-36-14-20-46-89(78)104)52-54-86(92)103-87-55-53-72(105-90-47-21-15-37-79(90)80-38-16-22-48-91(80)105)63-93(87)107(101-75(66-31-9-3-10-32-66)43-26-44-76(101)67-33-11-4-12-34-67)95-61-70(60-94(106)99(95)103)69-58-83(102-85(59-69)82-40-18-24-50-97(82)109-102)68-51-56-98-84(57-68)81-39-17-23-49-96(81)108-98/h1-63H. The van der Waals surface area contributed by atoms with Gasteiger partial charge in [-0.1, -0.05) is 285 Å². The van der Waals surface area contributed by atoms with Crippen molar-refractivity contribution in [2.24, 2.45) is 0 Å². The number of hydrogen-bond acceptors (Lipinski definition) is 4. The van der Waals surface area contributed by atoms with Crippen LogP contribution < -0.4 is 26.2 Å². The third-order valence-electron chi connectivity index (χ3n) is 23.1. The Morgan fingerprint density at radius 1 is 0.211 bits per heavy atom. The first-order valence-electron chi connectivity index (χ1n) is 37.5. The van der Waals surface area contributed by atoms with Crippen molar-refractivity contribution in [1.82, 2.24) is 9.13 Å². The Labute approximate surface area is 628 Å². The van der Waals surface area contributed by atoms with Crippen LogP contribution in [0.2, 0.25) is 0 Å². The summed E-state index contributed by atoms with van der Waals surface area (Å²) in [6.45, 7) is -0.309. The van der Waals surface area contributed by atoms with E-state index >= 15 is 0 Å². The van der Waals surface area contributed by atoms with E-state index in [1.165, 1.54) is 37.9 Å². The van der Waals surface area contributed by atoms with Gasteiger partial charge in [-0.2, -0.15) is 0 Å². The van der Waals surface area contributed by atoms with Gasteiger partial charge in [0.05, 0.1) is 33.4 Å². The van der Waals surface area contributed by atoms with E-state index in [2.05, 4.69) is 395 Å². The molecule has 0 unspecified atom stereocenters. The largest absolute Gasteiger partial charge is 0.456 e. The number of furan rings is 2. The molecular formula is C102H63BN4O2. The van der Waals surface area contributed by atoms with Crippen molar-refractivity contribution in [3.05, 3.63) is 382 Å². The van der Waals surface area contributed by atoms with Gasteiger partial charge in [0.15, 0.2) is 0 Å². The minimum absolute atomic E-state index is 0.309. The molecule has 0 saturated carbocycles. The number of para-hydroxylation sites is 8. The van der Waals surface area contributed by atoms with Gasteiger partial charge < -0.3 is 27.8 Å². The molecule has 17 aromatic carbocycles. The van der Waals surface area contributed by atoms with Gasteiger partial charge in [-0.05, 0) is 152 Å². The molecule has 7 heteroatoms. The Morgan fingerprint density at radius 2 is 0.569 bits per heavy atom. The number of anilines is 6. The van der Waals surface area contributed by atoms with Gasteiger partial charge >= 0.3 is 0 Å². The SMILES string of the molecule is c1ccc(-c2cccc(-c3ccccc3)c2N2c3cc(-n4c5ccccc5c5ccccc54)ccc3B3c4ccc(-n5c6ccccc6c6ccccc65)cc4N(c4c(-c5ccccc5)cccc4-c4ccccc4)c4cc(-c5cc(-c6ccc7oc8ccccc8c7c6)c6oc7ccccc7c6c5)cc2c43)cc1. The van der Waals surface area contributed by atoms with Crippen molar-refractivity contribution in [3.8, 4) is 78.1 Å². The van der Waals surface area contributed by atoms with Crippen molar-refractivity contribution in [3.63, 3.8) is 0 Å². The molecule has 4 aromatic heterocycles. The monoisotopic (exact) mass is 1390 g/mol. The normalized spacial score (nSPS) is 12.5. The summed E-state index contributed by atoms with van der Waals surface area (Å²) in [4.78, 5) is 5.36. The van der Waals surface area contributed by atoms with E-state index in [-0.39, 0.29) is 6.71 Å². The summed E-state index contributed by atoms with van der Waals surface area (Å²) in [6, 6.07) is 142. The van der Waals surface area contributed by atoms with E-state index in [0.29, 0.717) is 0 Å². The predicted molar refractivity (Wildman–Crippen MR) is 456 cm³/mol. The van der Waals surface area contributed by atoms with Gasteiger partial charge in [0.25, 0.3) is 6.71 Å². The molecule has 0 bridgehead atoms. The number of rotatable bonds is 10. The Morgan fingerprint density at radius 3 is 1.01 bits per heavy atom. The second kappa shape index (κ2) is 24.1. The maximum Gasteiger partial charge on any atom is 0.252 e. The number of aromatic nitrogens is 2. The lowest BCUT2D eigenvalue weighted by Crippen LogP contribution is -2.61. The van der Waals surface area contributed by atoms with Gasteiger partial charge in [-0.25, -0.2) is 0 Å². The van der Waals surface area contributed by atoms with Gasteiger partial charge in [0.1, 0.15) is 22.3 Å². The first kappa shape index (κ1) is 61.0. The maximum absolute atomic E-state index is 7.16. The van der Waals surface area contributed by atoms with Crippen LogP contribution in [0.4, 0.5) is 34.1 Å². The lowest BCUT2D eigenvalue weighted by Gasteiger charge is -2.46. The summed E-state index contributed by atoms with van der Waals surface area (Å²) in [7, 11) is 0. The zero-order valence-corrected chi connectivity index (χ0v) is 59.1. The van der Waals surface area contributed by atoms with Crippen molar-refractivity contribution in [1.29, 1.82) is 0 Å². The van der Waals surface area contributed by atoms with E-state index in [1.54, 1.807) is 0 Å². The van der Waals surface area contributed by atoms with Crippen LogP contribution in [0.3, 0.4) is 0 Å². The van der Waals surface area contributed by atoms with Gasteiger partial charge in [-0.3, -0.25) is 0 Å². The highest BCUT2D eigenvalue weighted by Crippen LogP contribution is 2.55. The number of benzene rings is 17. The highest BCUT2D eigenvalue weighted by Gasteiger charge is 2.46. The molecule has 2 aliphatic heterocycles. The first-order chi connectivity index (χ1) is 54.1. The topological polar surface area (TPSA) is 42.6 Å². The molecule has 0 saturated heterocycles. The van der Waals surface area contributed by atoms with E-state index in [1.807, 2.05) is 6.07 Å². The molecule has 23 rings (SSSR count). The summed E-state index contributed by atoms with van der Waals surface area (Å²) in [5.74, 6) is 0. The lowest BCUT2D eigenvalue weighted by molar-refractivity contribution is 0.668. The molecule has 0 amide bonds. The zero-order chi connectivity index (χ0) is 71.4. The van der Waals surface area contributed by atoms with Gasteiger partial charge in [-0.15, -0.1) is 0 Å². The fraction of sp³-hybridized carbons (Fsp3) is 0. The summed E-state index contributed by atoms with van der Waals surface area (Å²) < 4.78 is 18.7. The fourth-order valence-electron chi connectivity index (χ4n) is 18.4. The summed E-state index contributed by atoms with van der Waals surface area (Å²) in [6.07, 6.45) is 0. The average molecular weight is 1390 g/mol. The van der Waals surface area contributed by atoms with E-state index in [0.717, 1.165) is 178 Å². The molecule has 109 heavy (non-hydrogen) atoms. The van der Waals surface area contributed by atoms with E-state index in [9.17, 15) is 0 Å². The first-order valence-corrected chi connectivity index (χ1v) is 37.5. The van der Waals surface area contributed by atoms with Crippen molar-refractivity contribution < 1.29 is 8.83 Å². The van der Waals surface area contributed by atoms with Gasteiger partial charge in [0, 0.05) is 105 Å². The Bertz CT molecular complexity index is 6780. The minimum atomic E-state index is -0.309. The van der Waals surface area contributed by atoms with E-state index < -0.39 is 0 Å². The van der Waals surface area contributed by atoms with Crippen molar-refractivity contribution in [2.75, 3.05) is 9.80 Å². The number of nitrogens with zero attached hydrogens (tertiary/aromatic N) is 4. The summed E-state index contributed by atoms with van der Waals surface area (Å²) >= 11 is 0. The Balaban J connectivity index is 0.906. The van der Waals surface area contributed by atoms with Crippen LogP contribution >= 0.6 is 0 Å². The number of fused-ring (bicyclic) bond motifs is 16. The molecule has 0 N–H and O–H groups in total. The Hall–Kier alpha value is -14.4. The molecule has 0 atom stereocenters. The zero-order valence-electron chi connectivity index (χ0n) is 59.1. The second-order valence-electron chi connectivity index (χ2n) is 28.9. The maximum atomic E-state index is 7.16.